The van der Waals surface area contributed by atoms with Crippen LogP contribution in [0.15, 0.2) is 22.3 Å². The summed E-state index contributed by atoms with van der Waals surface area (Å²) in [6, 6.07) is 3.92. The summed E-state index contributed by atoms with van der Waals surface area (Å²) < 4.78 is 1.10. The van der Waals surface area contributed by atoms with E-state index in [4.69, 9.17) is 0 Å². The molecule has 0 saturated heterocycles. The predicted octanol–water partition coefficient (Wildman–Crippen LogP) is 2.30. The zero-order valence-corrected chi connectivity index (χ0v) is 10.8. The van der Waals surface area contributed by atoms with E-state index < -0.39 is 0 Å². The van der Waals surface area contributed by atoms with Gasteiger partial charge in [0.15, 0.2) is 0 Å². The maximum absolute atomic E-state index is 11.6. The van der Waals surface area contributed by atoms with E-state index in [9.17, 15) is 9.90 Å². The van der Waals surface area contributed by atoms with E-state index in [1.165, 1.54) is 0 Å². The Labute approximate surface area is 109 Å². The number of nitrogens with one attached hydrogen (secondary N) is 2. The topological polar surface area (TPSA) is 65.1 Å². The van der Waals surface area contributed by atoms with Gasteiger partial charge in [0.2, 0.25) is 0 Å². The molecule has 3 rings (SSSR count). The largest absolute Gasteiger partial charge is 0.393 e. The van der Waals surface area contributed by atoms with Crippen molar-refractivity contribution in [3.05, 3.63) is 27.9 Å². The number of thiophene rings is 1. The molecule has 18 heavy (non-hydrogen) atoms. The minimum atomic E-state index is -0.149. The number of fused-ring (bicyclic) bond motifs is 1. The first-order valence-corrected chi connectivity index (χ1v) is 7.15. The molecule has 2 aromatic heterocycles. The Kier molecular flexibility index (Phi) is 3.09. The molecule has 2 heterocycles. The number of aliphatic hydroxyl groups is 1. The van der Waals surface area contributed by atoms with Gasteiger partial charge in [-0.1, -0.05) is 0 Å². The van der Waals surface area contributed by atoms with Crippen molar-refractivity contribution in [1.29, 1.82) is 0 Å². The second-order valence-corrected chi connectivity index (χ2v) is 5.78. The Bertz CT molecular complexity index is 596. The van der Waals surface area contributed by atoms with Gasteiger partial charge in [-0.25, -0.2) is 0 Å². The molecule has 1 fully saturated rings. The number of anilines is 1. The van der Waals surface area contributed by atoms with Gasteiger partial charge in [0.05, 0.1) is 22.0 Å². The van der Waals surface area contributed by atoms with Crippen LogP contribution in [0.5, 0.6) is 0 Å². The van der Waals surface area contributed by atoms with Gasteiger partial charge in [0.25, 0.3) is 5.56 Å². The van der Waals surface area contributed by atoms with Crippen molar-refractivity contribution < 1.29 is 5.11 Å². The van der Waals surface area contributed by atoms with Gasteiger partial charge in [-0.15, -0.1) is 11.3 Å². The highest BCUT2D eigenvalue weighted by Crippen LogP contribution is 2.28. The van der Waals surface area contributed by atoms with Crippen molar-refractivity contribution in [2.24, 2.45) is 0 Å². The van der Waals surface area contributed by atoms with Crippen LogP contribution in [0.25, 0.3) is 10.2 Å². The lowest BCUT2D eigenvalue weighted by Crippen LogP contribution is -2.28. The van der Waals surface area contributed by atoms with Gasteiger partial charge in [0, 0.05) is 12.1 Å². The summed E-state index contributed by atoms with van der Waals surface area (Å²) in [6.45, 7) is 0. The second kappa shape index (κ2) is 4.74. The zero-order chi connectivity index (χ0) is 12.5. The normalized spacial score (nSPS) is 24.3. The van der Waals surface area contributed by atoms with Crippen molar-refractivity contribution >= 4 is 27.2 Å². The van der Waals surface area contributed by atoms with Crippen LogP contribution in [0, 0.1) is 0 Å². The third kappa shape index (κ3) is 2.28. The molecule has 1 saturated carbocycles. The lowest BCUT2D eigenvalue weighted by atomic mass is 9.93. The van der Waals surface area contributed by atoms with Gasteiger partial charge >= 0.3 is 0 Å². The Morgan fingerprint density at radius 1 is 1.33 bits per heavy atom. The number of aromatic nitrogens is 1. The number of pyridine rings is 1. The van der Waals surface area contributed by atoms with Gasteiger partial charge in [-0.05, 0) is 37.1 Å². The standard InChI is InChI=1S/C13H16N2O2S/c16-9-3-1-8(2-4-9)14-11-7-12(17)15-10-5-6-18-13(10)11/h5-9,16H,1-4H2,(H2,14,15,17). The molecular weight excluding hydrogens is 248 g/mol. The molecule has 0 bridgehead atoms. The van der Waals surface area contributed by atoms with Crippen LogP contribution < -0.4 is 10.9 Å². The summed E-state index contributed by atoms with van der Waals surface area (Å²) in [5, 5.41) is 14.9. The Morgan fingerprint density at radius 3 is 2.89 bits per heavy atom. The summed E-state index contributed by atoms with van der Waals surface area (Å²) in [7, 11) is 0. The number of hydrogen-bond donors (Lipinski definition) is 3. The third-order valence-electron chi connectivity index (χ3n) is 3.50. The minimum absolute atomic E-state index is 0.0701. The number of aliphatic hydroxyl groups excluding tert-OH is 1. The fourth-order valence-corrected chi connectivity index (χ4v) is 3.36. The summed E-state index contributed by atoms with van der Waals surface area (Å²) in [5.74, 6) is 0. The predicted molar refractivity (Wildman–Crippen MR) is 74.3 cm³/mol. The summed E-state index contributed by atoms with van der Waals surface area (Å²) in [6.07, 6.45) is 3.45. The number of H-pyrrole nitrogens is 1. The molecule has 0 aromatic carbocycles. The molecule has 0 amide bonds. The second-order valence-electron chi connectivity index (χ2n) is 4.86. The molecule has 0 atom stereocenters. The molecule has 96 valence electrons. The van der Waals surface area contributed by atoms with Crippen molar-refractivity contribution in [2.45, 2.75) is 37.8 Å². The van der Waals surface area contributed by atoms with Crippen LogP contribution in [0.2, 0.25) is 0 Å². The smallest absolute Gasteiger partial charge is 0.250 e. The summed E-state index contributed by atoms with van der Waals surface area (Å²) in [5.41, 5.74) is 1.75. The molecular formula is C13H16N2O2S. The quantitative estimate of drug-likeness (QED) is 0.780. The minimum Gasteiger partial charge on any atom is -0.393 e. The zero-order valence-electron chi connectivity index (χ0n) is 9.98. The number of hydrogen-bond acceptors (Lipinski definition) is 4. The average molecular weight is 264 g/mol. The summed E-state index contributed by atoms with van der Waals surface area (Å²) in [4.78, 5) is 14.4. The van der Waals surface area contributed by atoms with Crippen LogP contribution in [-0.2, 0) is 0 Å². The van der Waals surface area contributed by atoms with Crippen LogP contribution in [-0.4, -0.2) is 22.2 Å². The highest BCUT2D eigenvalue weighted by Gasteiger charge is 2.20. The number of rotatable bonds is 2. The lowest BCUT2D eigenvalue weighted by Gasteiger charge is -2.27. The van der Waals surface area contributed by atoms with Gasteiger partial charge in [-0.2, -0.15) is 0 Å². The monoisotopic (exact) mass is 264 g/mol. The van der Waals surface area contributed by atoms with E-state index in [1.54, 1.807) is 17.4 Å². The molecule has 5 heteroatoms. The Balaban J connectivity index is 1.86. The SMILES string of the molecule is O=c1cc(NC2CCC(O)CC2)c2sccc2[nH]1. The first-order chi connectivity index (χ1) is 8.72. The fourth-order valence-electron chi connectivity index (χ4n) is 2.53. The van der Waals surface area contributed by atoms with Crippen molar-refractivity contribution in [2.75, 3.05) is 5.32 Å². The molecule has 0 spiro atoms. The van der Waals surface area contributed by atoms with E-state index in [0.29, 0.717) is 6.04 Å². The highest BCUT2D eigenvalue weighted by atomic mass is 32.1. The average Bonchev–Trinajstić information content (AvgIpc) is 2.80. The maximum atomic E-state index is 11.6. The van der Waals surface area contributed by atoms with E-state index in [1.807, 2.05) is 11.4 Å². The molecule has 0 radical (unpaired) electrons. The van der Waals surface area contributed by atoms with Gasteiger partial charge in [-0.3, -0.25) is 4.79 Å². The first kappa shape index (κ1) is 11.7. The van der Waals surface area contributed by atoms with E-state index in [2.05, 4.69) is 10.3 Å². The Hall–Kier alpha value is -1.33. The van der Waals surface area contributed by atoms with Gasteiger partial charge < -0.3 is 15.4 Å². The highest BCUT2D eigenvalue weighted by molar-refractivity contribution is 7.17. The van der Waals surface area contributed by atoms with Crippen molar-refractivity contribution in [1.82, 2.24) is 4.98 Å². The lowest BCUT2D eigenvalue weighted by molar-refractivity contribution is 0.126. The Morgan fingerprint density at radius 2 is 2.11 bits per heavy atom. The molecule has 0 unspecified atom stereocenters. The molecule has 3 N–H and O–H groups in total. The van der Waals surface area contributed by atoms with Crippen molar-refractivity contribution in [3.8, 4) is 0 Å². The van der Waals surface area contributed by atoms with Crippen LogP contribution in [0.1, 0.15) is 25.7 Å². The van der Waals surface area contributed by atoms with E-state index >= 15 is 0 Å². The van der Waals surface area contributed by atoms with Crippen molar-refractivity contribution in [3.63, 3.8) is 0 Å². The maximum Gasteiger partial charge on any atom is 0.250 e. The molecule has 2 aromatic rings. The first-order valence-electron chi connectivity index (χ1n) is 6.27. The third-order valence-corrected chi connectivity index (χ3v) is 4.45. The van der Waals surface area contributed by atoms with Crippen LogP contribution >= 0.6 is 11.3 Å². The molecule has 1 aliphatic carbocycles. The molecule has 4 nitrogen and oxygen atoms in total. The molecule has 1 aliphatic rings. The summed E-state index contributed by atoms with van der Waals surface area (Å²) >= 11 is 1.63. The van der Waals surface area contributed by atoms with E-state index in [0.717, 1.165) is 41.6 Å². The van der Waals surface area contributed by atoms with Crippen LogP contribution in [0.3, 0.4) is 0 Å². The van der Waals surface area contributed by atoms with Crippen LogP contribution in [0.4, 0.5) is 5.69 Å². The van der Waals surface area contributed by atoms with Gasteiger partial charge in [0.1, 0.15) is 0 Å². The number of aromatic amines is 1. The fraction of sp³-hybridized carbons (Fsp3) is 0.462. The molecule has 0 aliphatic heterocycles. The van der Waals surface area contributed by atoms with E-state index in [-0.39, 0.29) is 11.7 Å².